The van der Waals surface area contributed by atoms with Crippen LogP contribution in [0.25, 0.3) is 5.69 Å². The Kier molecular flexibility index (Phi) is 6.24. The van der Waals surface area contributed by atoms with Gasteiger partial charge < -0.3 is 10.2 Å². The molecule has 1 aliphatic heterocycles. The highest BCUT2D eigenvalue weighted by Gasteiger charge is 2.36. The Hall–Kier alpha value is -2.85. The molecule has 33 heavy (non-hydrogen) atoms. The maximum Gasteiger partial charge on any atom is 0.435 e. The average Bonchev–Trinajstić information content (AvgIpc) is 3.36. The quantitative estimate of drug-likeness (QED) is 0.471. The van der Waals surface area contributed by atoms with E-state index >= 15 is 0 Å². The smallest absolute Gasteiger partial charge is 0.358 e. The number of hydrogen-bond donors (Lipinski definition) is 1. The molecular formula is C22H18BrClF3N5O. The van der Waals surface area contributed by atoms with Crippen molar-refractivity contribution in [1.29, 1.82) is 0 Å². The zero-order chi connectivity index (χ0) is 23.9. The fraction of sp³-hybridized carbons (Fsp3) is 0.227. The molecule has 0 saturated heterocycles. The van der Waals surface area contributed by atoms with Gasteiger partial charge in [0.15, 0.2) is 5.69 Å². The lowest BCUT2D eigenvalue weighted by atomic mass is 10.1. The minimum Gasteiger partial charge on any atom is -0.358 e. The van der Waals surface area contributed by atoms with E-state index in [4.69, 9.17) is 11.6 Å². The summed E-state index contributed by atoms with van der Waals surface area (Å²) in [4.78, 5) is 19.8. The number of aromatic nitrogens is 2. The van der Waals surface area contributed by atoms with Gasteiger partial charge in [-0.1, -0.05) is 39.7 Å². The average molecular weight is 541 g/mol. The molecule has 3 aromatic rings. The molecule has 0 bridgehead atoms. The molecule has 0 radical (unpaired) electrons. The van der Waals surface area contributed by atoms with Crippen LogP contribution in [-0.4, -0.2) is 46.6 Å². The van der Waals surface area contributed by atoms with Gasteiger partial charge in [-0.3, -0.25) is 9.79 Å². The number of benzene rings is 2. The van der Waals surface area contributed by atoms with Crippen LogP contribution in [0.2, 0.25) is 5.02 Å². The molecule has 0 saturated carbocycles. The molecule has 0 spiro atoms. The molecule has 1 aromatic heterocycles. The molecule has 1 aliphatic rings. The zero-order valence-electron chi connectivity index (χ0n) is 17.5. The molecule has 6 nitrogen and oxygen atoms in total. The number of rotatable bonds is 4. The number of para-hydroxylation sites is 1. The fourth-order valence-corrected chi connectivity index (χ4v) is 4.36. The highest BCUT2D eigenvalue weighted by atomic mass is 79.9. The summed E-state index contributed by atoms with van der Waals surface area (Å²) in [6.45, 7) is 3.13. The molecule has 0 fully saturated rings. The third-order valence-electron chi connectivity index (χ3n) is 5.15. The highest BCUT2D eigenvalue weighted by Crippen LogP contribution is 2.32. The van der Waals surface area contributed by atoms with Crippen LogP contribution in [0.1, 0.15) is 27.3 Å². The van der Waals surface area contributed by atoms with E-state index in [1.165, 1.54) is 12.1 Å². The van der Waals surface area contributed by atoms with Crippen molar-refractivity contribution in [2.75, 3.05) is 25.5 Å². The van der Waals surface area contributed by atoms with E-state index in [1.54, 1.807) is 25.1 Å². The zero-order valence-corrected chi connectivity index (χ0v) is 19.9. The summed E-state index contributed by atoms with van der Waals surface area (Å²) in [5.41, 5.74) is 0.500. The van der Waals surface area contributed by atoms with E-state index < -0.39 is 17.8 Å². The van der Waals surface area contributed by atoms with Gasteiger partial charge in [0.05, 0.1) is 22.9 Å². The Morgan fingerprint density at radius 2 is 1.94 bits per heavy atom. The Morgan fingerprint density at radius 1 is 1.21 bits per heavy atom. The van der Waals surface area contributed by atoms with Crippen molar-refractivity contribution < 1.29 is 18.0 Å². The summed E-state index contributed by atoms with van der Waals surface area (Å²) < 4.78 is 42.0. The molecule has 0 unspecified atom stereocenters. The van der Waals surface area contributed by atoms with Crippen LogP contribution in [0, 0.1) is 6.92 Å². The number of aryl methyl sites for hydroxylation is 1. The second kappa shape index (κ2) is 8.83. The van der Waals surface area contributed by atoms with Crippen LogP contribution < -0.4 is 5.32 Å². The van der Waals surface area contributed by atoms with Crippen molar-refractivity contribution in [3.8, 4) is 5.69 Å². The molecular weight excluding hydrogens is 523 g/mol. The van der Waals surface area contributed by atoms with Gasteiger partial charge in [0.25, 0.3) is 5.91 Å². The fourth-order valence-electron chi connectivity index (χ4n) is 3.57. The number of anilines is 1. The number of nitrogens with zero attached hydrogens (tertiary/aromatic N) is 4. The van der Waals surface area contributed by atoms with E-state index in [9.17, 15) is 18.0 Å². The number of alkyl halides is 3. The number of nitrogens with one attached hydrogen (secondary N) is 1. The minimum atomic E-state index is -4.73. The van der Waals surface area contributed by atoms with Gasteiger partial charge in [0, 0.05) is 29.7 Å². The van der Waals surface area contributed by atoms with Gasteiger partial charge in [0.1, 0.15) is 11.5 Å². The lowest BCUT2D eigenvalue weighted by molar-refractivity contribution is -0.141. The normalized spacial score (nSPS) is 13.9. The van der Waals surface area contributed by atoms with E-state index in [0.29, 0.717) is 29.7 Å². The van der Waals surface area contributed by atoms with Gasteiger partial charge >= 0.3 is 6.18 Å². The second-order valence-electron chi connectivity index (χ2n) is 7.50. The van der Waals surface area contributed by atoms with Crippen molar-refractivity contribution in [3.05, 3.63) is 74.5 Å². The molecule has 11 heteroatoms. The summed E-state index contributed by atoms with van der Waals surface area (Å²) in [5, 5.41) is 6.56. The van der Waals surface area contributed by atoms with E-state index in [2.05, 4.69) is 31.3 Å². The second-order valence-corrected chi connectivity index (χ2v) is 8.82. The van der Waals surface area contributed by atoms with E-state index in [1.807, 2.05) is 18.0 Å². The van der Waals surface area contributed by atoms with Crippen molar-refractivity contribution in [2.45, 2.75) is 13.1 Å². The van der Waals surface area contributed by atoms with Crippen molar-refractivity contribution in [2.24, 2.45) is 4.99 Å². The summed E-state index contributed by atoms with van der Waals surface area (Å²) in [7, 11) is 1.88. The number of hydrogen-bond acceptors (Lipinski definition) is 4. The topological polar surface area (TPSA) is 62.5 Å². The predicted molar refractivity (Wildman–Crippen MR) is 124 cm³/mol. The number of carbonyl (C=O) groups is 1. The number of likely N-dealkylation sites (N-methyl/N-ethyl adjacent to an activating group) is 1. The van der Waals surface area contributed by atoms with Gasteiger partial charge in [-0.2, -0.15) is 18.3 Å². The van der Waals surface area contributed by atoms with Crippen LogP contribution >= 0.6 is 27.5 Å². The molecule has 1 amide bonds. The van der Waals surface area contributed by atoms with Crippen LogP contribution in [0.5, 0.6) is 0 Å². The van der Waals surface area contributed by atoms with Gasteiger partial charge in [-0.25, -0.2) is 4.68 Å². The molecule has 2 heterocycles. The predicted octanol–water partition coefficient (Wildman–Crippen LogP) is 5.56. The van der Waals surface area contributed by atoms with Crippen LogP contribution in [-0.2, 0) is 6.18 Å². The van der Waals surface area contributed by atoms with Gasteiger partial charge in [-0.05, 0) is 36.8 Å². The summed E-state index contributed by atoms with van der Waals surface area (Å²) in [5.74, 6) is -0.0730. The first-order valence-corrected chi connectivity index (χ1v) is 11.0. The third-order valence-corrected chi connectivity index (χ3v) is 5.93. The van der Waals surface area contributed by atoms with E-state index in [0.717, 1.165) is 21.3 Å². The van der Waals surface area contributed by atoms with Crippen LogP contribution in [0.15, 0.2) is 51.9 Å². The Balaban J connectivity index is 1.81. The first kappa shape index (κ1) is 23.3. The van der Waals surface area contributed by atoms with Crippen molar-refractivity contribution >= 4 is 45.0 Å². The number of amidine groups is 1. The Labute approximate surface area is 201 Å². The van der Waals surface area contributed by atoms with Crippen LogP contribution in [0.4, 0.5) is 18.9 Å². The summed E-state index contributed by atoms with van der Waals surface area (Å²) in [6, 6.07) is 10.6. The monoisotopic (exact) mass is 539 g/mol. The molecule has 0 aliphatic carbocycles. The minimum absolute atomic E-state index is 0.158. The number of carbonyl (C=O) groups excluding carboxylic acids is 1. The maximum atomic E-state index is 13.4. The van der Waals surface area contributed by atoms with Gasteiger partial charge in [-0.15, -0.1) is 0 Å². The summed E-state index contributed by atoms with van der Waals surface area (Å²) >= 11 is 9.65. The molecule has 0 atom stereocenters. The first-order chi connectivity index (χ1) is 15.6. The lowest BCUT2D eigenvalue weighted by Gasteiger charge is -2.20. The first-order valence-electron chi connectivity index (χ1n) is 9.86. The van der Waals surface area contributed by atoms with Gasteiger partial charge in [0.2, 0.25) is 0 Å². The summed E-state index contributed by atoms with van der Waals surface area (Å²) in [6.07, 6.45) is -4.73. The van der Waals surface area contributed by atoms with Crippen LogP contribution in [0.3, 0.4) is 0 Å². The standard InChI is InChI=1S/C22H18BrClF3N5O/c1-12-9-13(23)10-14(20-28-7-8-31(20)2)19(12)29-21(33)17-11-18(22(25,26)27)30-32(17)16-6-4-3-5-15(16)24/h3-6,9-11H,7-8H2,1-2H3,(H,29,33). The van der Waals surface area contributed by atoms with Crippen molar-refractivity contribution in [1.82, 2.24) is 14.7 Å². The molecule has 4 rings (SSSR count). The van der Waals surface area contributed by atoms with E-state index in [-0.39, 0.29) is 16.4 Å². The van der Waals surface area contributed by atoms with Crippen molar-refractivity contribution in [3.63, 3.8) is 0 Å². The molecule has 2 aromatic carbocycles. The molecule has 172 valence electrons. The SMILES string of the molecule is Cc1cc(Br)cc(C2=NCCN2C)c1NC(=O)c1cc(C(F)(F)F)nn1-c1ccccc1Cl. The largest absolute Gasteiger partial charge is 0.435 e. The number of amides is 1. The highest BCUT2D eigenvalue weighted by molar-refractivity contribution is 9.10. The lowest BCUT2D eigenvalue weighted by Crippen LogP contribution is -2.26. The maximum absolute atomic E-state index is 13.4. The number of halogens is 5. The molecule has 1 N–H and O–H groups in total. The third kappa shape index (κ3) is 4.63. The number of aliphatic imine (C=N–C) groups is 1. The Bertz CT molecular complexity index is 1270. The Morgan fingerprint density at radius 3 is 2.58 bits per heavy atom.